The number of aromatic nitrogens is 2. The van der Waals surface area contributed by atoms with Gasteiger partial charge in [-0.1, -0.05) is 0 Å². The minimum Gasteiger partial charge on any atom is -0.312 e. The molecule has 0 saturated heterocycles. The van der Waals surface area contributed by atoms with Gasteiger partial charge in [-0.2, -0.15) is 0 Å². The van der Waals surface area contributed by atoms with E-state index in [1.54, 1.807) is 17.1 Å². The van der Waals surface area contributed by atoms with Crippen molar-refractivity contribution >= 4 is 6.29 Å². The van der Waals surface area contributed by atoms with Crippen LogP contribution in [-0.2, 0) is 0 Å². The highest BCUT2D eigenvalue weighted by atomic mass is 16.1. The van der Waals surface area contributed by atoms with Crippen molar-refractivity contribution in [2.24, 2.45) is 0 Å². The minimum absolute atomic E-state index is 0.457. The van der Waals surface area contributed by atoms with Gasteiger partial charge in [0.05, 0.1) is 0 Å². The Labute approximate surface area is 71.8 Å². The van der Waals surface area contributed by atoms with Crippen molar-refractivity contribution in [3.05, 3.63) is 18.2 Å². The van der Waals surface area contributed by atoms with Gasteiger partial charge < -0.3 is 5.01 Å². The first-order valence-corrected chi connectivity index (χ1v) is 4.07. The van der Waals surface area contributed by atoms with E-state index in [9.17, 15) is 4.79 Å². The summed E-state index contributed by atoms with van der Waals surface area (Å²) in [5.41, 5.74) is 0. The normalized spacial score (nSPS) is 9.83. The first-order chi connectivity index (χ1) is 5.83. The van der Waals surface area contributed by atoms with Crippen molar-refractivity contribution in [1.82, 2.24) is 9.66 Å². The average Bonchev–Trinajstić information content (AvgIpc) is 2.55. The maximum atomic E-state index is 10.5. The Morgan fingerprint density at radius 3 is 2.75 bits per heavy atom. The topological polar surface area (TPSA) is 38.1 Å². The number of nitrogens with zero attached hydrogens (tertiary/aromatic N) is 3. The van der Waals surface area contributed by atoms with Crippen LogP contribution in [-0.4, -0.2) is 29.0 Å². The lowest BCUT2D eigenvalue weighted by molar-refractivity contribution is 0.111. The van der Waals surface area contributed by atoms with Gasteiger partial charge in [-0.25, -0.2) is 9.66 Å². The lowest BCUT2D eigenvalue weighted by Crippen LogP contribution is -2.34. The van der Waals surface area contributed by atoms with Crippen LogP contribution in [0.1, 0.15) is 24.5 Å². The first-order valence-electron chi connectivity index (χ1n) is 4.07. The summed E-state index contributed by atoms with van der Waals surface area (Å²) in [5.74, 6) is 0.457. The van der Waals surface area contributed by atoms with Crippen LogP contribution >= 0.6 is 0 Å². The molecular weight excluding hydrogens is 154 g/mol. The lowest BCUT2D eigenvalue weighted by atomic mass is 10.6. The summed E-state index contributed by atoms with van der Waals surface area (Å²) in [6.45, 7) is 5.82. The lowest BCUT2D eigenvalue weighted by Gasteiger charge is -2.22. The fourth-order valence-electron chi connectivity index (χ4n) is 1.16. The van der Waals surface area contributed by atoms with Gasteiger partial charge in [0, 0.05) is 25.5 Å². The Morgan fingerprint density at radius 2 is 2.25 bits per heavy atom. The summed E-state index contributed by atoms with van der Waals surface area (Å²) in [6.07, 6.45) is 4.18. The van der Waals surface area contributed by atoms with Gasteiger partial charge in [-0.3, -0.25) is 4.79 Å². The van der Waals surface area contributed by atoms with Gasteiger partial charge in [0.1, 0.15) is 0 Å². The molecule has 1 aromatic rings. The molecule has 0 aromatic carbocycles. The van der Waals surface area contributed by atoms with E-state index >= 15 is 0 Å². The second-order valence-corrected chi connectivity index (χ2v) is 2.39. The van der Waals surface area contributed by atoms with Crippen LogP contribution in [0.25, 0.3) is 0 Å². The molecule has 0 unspecified atom stereocenters. The van der Waals surface area contributed by atoms with E-state index in [2.05, 4.69) is 4.98 Å². The van der Waals surface area contributed by atoms with E-state index in [0.717, 1.165) is 19.4 Å². The van der Waals surface area contributed by atoms with Crippen LogP contribution < -0.4 is 5.01 Å². The number of imidazole rings is 1. The molecule has 1 aromatic heterocycles. The highest BCUT2D eigenvalue weighted by molar-refractivity contribution is 5.69. The van der Waals surface area contributed by atoms with Gasteiger partial charge in [0.15, 0.2) is 12.1 Å². The molecule has 12 heavy (non-hydrogen) atoms. The highest BCUT2D eigenvalue weighted by Crippen LogP contribution is 1.95. The molecule has 66 valence electrons. The molecule has 0 atom stereocenters. The third kappa shape index (κ3) is 1.47. The molecule has 0 fully saturated rings. The predicted octanol–water partition coefficient (Wildman–Crippen LogP) is 0.673. The molecule has 0 bridgehead atoms. The van der Waals surface area contributed by atoms with Crippen molar-refractivity contribution in [1.29, 1.82) is 0 Å². The van der Waals surface area contributed by atoms with Crippen LogP contribution in [0.3, 0.4) is 0 Å². The molecule has 0 N–H and O–H groups in total. The number of hydrogen-bond donors (Lipinski definition) is 0. The molecule has 0 aliphatic heterocycles. The maximum Gasteiger partial charge on any atom is 0.191 e. The highest BCUT2D eigenvalue weighted by Gasteiger charge is 2.04. The van der Waals surface area contributed by atoms with E-state index in [1.165, 1.54) is 0 Å². The van der Waals surface area contributed by atoms with Crippen molar-refractivity contribution in [3.63, 3.8) is 0 Å². The van der Waals surface area contributed by atoms with Gasteiger partial charge in [-0.05, 0) is 13.8 Å². The summed E-state index contributed by atoms with van der Waals surface area (Å²) in [7, 11) is 0. The predicted molar refractivity (Wildman–Crippen MR) is 46.9 cm³/mol. The molecule has 0 aliphatic carbocycles. The smallest absolute Gasteiger partial charge is 0.191 e. The Morgan fingerprint density at radius 1 is 1.58 bits per heavy atom. The summed E-state index contributed by atoms with van der Waals surface area (Å²) >= 11 is 0. The quantitative estimate of drug-likeness (QED) is 0.619. The van der Waals surface area contributed by atoms with Crippen molar-refractivity contribution in [2.75, 3.05) is 18.1 Å². The summed E-state index contributed by atoms with van der Waals surface area (Å²) in [4.78, 5) is 14.4. The van der Waals surface area contributed by atoms with Crippen LogP contribution in [0, 0.1) is 0 Å². The maximum absolute atomic E-state index is 10.5. The number of aldehydes is 1. The molecule has 1 rings (SSSR count). The van der Waals surface area contributed by atoms with E-state index < -0.39 is 0 Å². The molecule has 0 radical (unpaired) electrons. The van der Waals surface area contributed by atoms with Crippen molar-refractivity contribution in [3.8, 4) is 0 Å². The average molecular weight is 167 g/mol. The zero-order valence-corrected chi connectivity index (χ0v) is 7.40. The minimum atomic E-state index is 0.457. The monoisotopic (exact) mass is 167 g/mol. The number of rotatable bonds is 4. The van der Waals surface area contributed by atoms with Crippen LogP contribution in [0.2, 0.25) is 0 Å². The van der Waals surface area contributed by atoms with Gasteiger partial charge in [0.2, 0.25) is 0 Å². The van der Waals surface area contributed by atoms with E-state index in [4.69, 9.17) is 0 Å². The van der Waals surface area contributed by atoms with E-state index in [1.807, 2.05) is 18.9 Å². The van der Waals surface area contributed by atoms with E-state index in [0.29, 0.717) is 5.82 Å². The second-order valence-electron chi connectivity index (χ2n) is 2.39. The van der Waals surface area contributed by atoms with E-state index in [-0.39, 0.29) is 0 Å². The van der Waals surface area contributed by atoms with Crippen LogP contribution in [0.15, 0.2) is 12.4 Å². The molecule has 4 heteroatoms. The molecule has 0 amide bonds. The molecule has 4 nitrogen and oxygen atoms in total. The SMILES string of the molecule is CCN(CC)n1ccnc1C=O. The summed E-state index contributed by atoms with van der Waals surface area (Å²) in [5, 5.41) is 2.02. The molecule has 0 saturated carbocycles. The number of carbonyl (C=O) groups excluding carboxylic acids is 1. The Kier molecular flexibility index (Phi) is 2.85. The fraction of sp³-hybridized carbons (Fsp3) is 0.500. The third-order valence-corrected chi connectivity index (χ3v) is 1.79. The zero-order chi connectivity index (χ0) is 8.97. The second kappa shape index (κ2) is 3.90. The zero-order valence-electron chi connectivity index (χ0n) is 7.40. The van der Waals surface area contributed by atoms with Gasteiger partial charge in [-0.15, -0.1) is 0 Å². The molecule has 0 spiro atoms. The number of hydrogen-bond acceptors (Lipinski definition) is 3. The van der Waals surface area contributed by atoms with Crippen molar-refractivity contribution in [2.45, 2.75) is 13.8 Å². The molecule has 1 heterocycles. The van der Waals surface area contributed by atoms with Gasteiger partial charge in [0.25, 0.3) is 0 Å². The summed E-state index contributed by atoms with van der Waals surface area (Å²) < 4.78 is 1.77. The molecular formula is C8H13N3O. The van der Waals surface area contributed by atoms with Gasteiger partial charge >= 0.3 is 0 Å². The fourth-order valence-corrected chi connectivity index (χ4v) is 1.16. The standard InChI is InChI=1S/C8H13N3O/c1-3-10(4-2)11-6-5-9-8(11)7-12/h5-7H,3-4H2,1-2H3. The Hall–Kier alpha value is -1.32. The molecule has 0 aliphatic rings. The Balaban J connectivity index is 2.90. The first kappa shape index (κ1) is 8.77. The van der Waals surface area contributed by atoms with Crippen LogP contribution in [0.5, 0.6) is 0 Å². The Bertz CT molecular complexity index is 253. The van der Waals surface area contributed by atoms with Crippen molar-refractivity contribution < 1.29 is 4.79 Å². The van der Waals surface area contributed by atoms with Crippen LogP contribution in [0.4, 0.5) is 0 Å². The summed E-state index contributed by atoms with van der Waals surface area (Å²) in [6, 6.07) is 0. The number of carbonyl (C=O) groups is 1. The third-order valence-electron chi connectivity index (χ3n) is 1.79. The largest absolute Gasteiger partial charge is 0.312 e.